The summed E-state index contributed by atoms with van der Waals surface area (Å²) in [5, 5.41) is 3.43. The largest absolute Gasteiger partial charge is 0.341 e. The molecule has 1 rings (SSSR count). The molecule has 4 nitrogen and oxygen atoms in total. The third kappa shape index (κ3) is 4.46. The maximum Gasteiger partial charge on any atom is 0.225 e. The summed E-state index contributed by atoms with van der Waals surface area (Å²) in [6.07, 6.45) is 2.19. The van der Waals surface area contributed by atoms with E-state index >= 15 is 0 Å². The van der Waals surface area contributed by atoms with Gasteiger partial charge in [0, 0.05) is 24.5 Å². The highest BCUT2D eigenvalue weighted by molar-refractivity contribution is 5.36. The predicted molar refractivity (Wildman–Crippen MR) is 81.9 cm³/mol. The van der Waals surface area contributed by atoms with E-state index in [9.17, 15) is 0 Å². The van der Waals surface area contributed by atoms with Crippen molar-refractivity contribution < 1.29 is 0 Å². The number of aromatic nitrogens is 2. The van der Waals surface area contributed by atoms with E-state index in [0.717, 1.165) is 49.9 Å². The first kappa shape index (κ1) is 15.9. The van der Waals surface area contributed by atoms with Gasteiger partial charge in [0.25, 0.3) is 0 Å². The van der Waals surface area contributed by atoms with Gasteiger partial charge >= 0.3 is 0 Å². The maximum absolute atomic E-state index is 4.66. The van der Waals surface area contributed by atoms with E-state index in [-0.39, 0.29) is 0 Å². The van der Waals surface area contributed by atoms with E-state index in [1.165, 1.54) is 12.0 Å². The van der Waals surface area contributed by atoms with Crippen LogP contribution in [0.15, 0.2) is 0 Å². The van der Waals surface area contributed by atoms with Crippen molar-refractivity contribution in [3.05, 3.63) is 17.0 Å². The summed E-state index contributed by atoms with van der Waals surface area (Å²) >= 11 is 0. The molecule has 1 N–H and O–H groups in total. The molecule has 0 saturated heterocycles. The first-order valence-corrected chi connectivity index (χ1v) is 7.43. The highest BCUT2D eigenvalue weighted by atomic mass is 15.2. The Hall–Kier alpha value is -1.16. The molecule has 0 unspecified atom stereocenters. The second-order valence-corrected chi connectivity index (χ2v) is 4.85. The van der Waals surface area contributed by atoms with Crippen LogP contribution in [0, 0.1) is 13.8 Å². The number of nitrogens with zero attached hydrogens (tertiary/aromatic N) is 3. The SMILES string of the molecule is CCCNCCc1c(C)nc(N(CC)CC)nc1C. The van der Waals surface area contributed by atoms with E-state index in [4.69, 9.17) is 0 Å². The van der Waals surface area contributed by atoms with E-state index in [1.54, 1.807) is 0 Å². The highest BCUT2D eigenvalue weighted by Gasteiger charge is 2.11. The minimum Gasteiger partial charge on any atom is -0.341 e. The molecule has 1 aromatic heterocycles. The zero-order valence-electron chi connectivity index (χ0n) is 13.1. The lowest BCUT2D eigenvalue weighted by atomic mass is 10.1. The molecule has 0 bridgehead atoms. The molecule has 108 valence electrons. The van der Waals surface area contributed by atoms with Crippen molar-refractivity contribution in [1.29, 1.82) is 0 Å². The Morgan fingerprint density at radius 2 is 1.53 bits per heavy atom. The molecule has 0 aromatic carbocycles. The molecule has 0 saturated carbocycles. The number of nitrogens with one attached hydrogen (secondary N) is 1. The van der Waals surface area contributed by atoms with Crippen molar-refractivity contribution in [3.8, 4) is 0 Å². The van der Waals surface area contributed by atoms with Crippen molar-refractivity contribution in [3.63, 3.8) is 0 Å². The molecule has 0 radical (unpaired) electrons. The molecule has 1 aromatic rings. The highest BCUT2D eigenvalue weighted by Crippen LogP contribution is 2.15. The Labute approximate surface area is 117 Å². The average Bonchev–Trinajstić information content (AvgIpc) is 2.38. The molecule has 0 aliphatic heterocycles. The van der Waals surface area contributed by atoms with Crippen molar-refractivity contribution in [2.75, 3.05) is 31.1 Å². The fourth-order valence-corrected chi connectivity index (χ4v) is 2.25. The predicted octanol–water partition coefficient (Wildman–Crippen LogP) is 2.48. The van der Waals surface area contributed by atoms with Crippen LogP contribution < -0.4 is 10.2 Å². The molecule has 19 heavy (non-hydrogen) atoms. The fourth-order valence-electron chi connectivity index (χ4n) is 2.25. The van der Waals surface area contributed by atoms with E-state index in [2.05, 4.69) is 54.8 Å². The van der Waals surface area contributed by atoms with Gasteiger partial charge in [-0.25, -0.2) is 9.97 Å². The van der Waals surface area contributed by atoms with Crippen LogP contribution in [0.1, 0.15) is 44.1 Å². The van der Waals surface area contributed by atoms with Crippen molar-refractivity contribution in [2.45, 2.75) is 47.5 Å². The summed E-state index contributed by atoms with van der Waals surface area (Å²) in [6.45, 7) is 14.6. The van der Waals surface area contributed by atoms with Gasteiger partial charge in [0.15, 0.2) is 0 Å². The Morgan fingerprint density at radius 3 is 2.00 bits per heavy atom. The normalized spacial score (nSPS) is 10.8. The lowest BCUT2D eigenvalue weighted by molar-refractivity contribution is 0.665. The minimum absolute atomic E-state index is 0.866. The van der Waals surface area contributed by atoms with Gasteiger partial charge in [-0.05, 0) is 59.2 Å². The molecule has 0 amide bonds. The lowest BCUT2D eigenvalue weighted by Gasteiger charge is -2.20. The molecule has 0 spiro atoms. The zero-order valence-corrected chi connectivity index (χ0v) is 13.1. The maximum atomic E-state index is 4.66. The van der Waals surface area contributed by atoms with Crippen molar-refractivity contribution in [2.24, 2.45) is 0 Å². The molecule has 0 fully saturated rings. The number of hydrogen-bond acceptors (Lipinski definition) is 4. The van der Waals surface area contributed by atoms with Crippen LogP contribution in [-0.2, 0) is 6.42 Å². The lowest BCUT2D eigenvalue weighted by Crippen LogP contribution is -2.25. The summed E-state index contributed by atoms with van der Waals surface area (Å²) in [6, 6.07) is 0. The van der Waals surface area contributed by atoms with Gasteiger partial charge < -0.3 is 10.2 Å². The minimum atomic E-state index is 0.866. The second-order valence-electron chi connectivity index (χ2n) is 4.85. The third-order valence-electron chi connectivity index (χ3n) is 3.43. The third-order valence-corrected chi connectivity index (χ3v) is 3.43. The van der Waals surface area contributed by atoms with Gasteiger partial charge in [0.2, 0.25) is 5.95 Å². The monoisotopic (exact) mass is 264 g/mol. The van der Waals surface area contributed by atoms with Crippen LogP contribution >= 0.6 is 0 Å². The quantitative estimate of drug-likeness (QED) is 0.732. The average molecular weight is 264 g/mol. The van der Waals surface area contributed by atoms with Crippen LogP contribution in [0.5, 0.6) is 0 Å². The zero-order chi connectivity index (χ0) is 14.3. The number of rotatable bonds is 8. The Morgan fingerprint density at radius 1 is 0.947 bits per heavy atom. The summed E-state index contributed by atoms with van der Waals surface area (Å²) in [5.41, 5.74) is 3.53. The summed E-state index contributed by atoms with van der Waals surface area (Å²) in [7, 11) is 0. The van der Waals surface area contributed by atoms with Gasteiger partial charge in [0.1, 0.15) is 0 Å². The van der Waals surface area contributed by atoms with Crippen LogP contribution in [0.3, 0.4) is 0 Å². The number of hydrogen-bond donors (Lipinski definition) is 1. The summed E-state index contributed by atoms with van der Waals surface area (Å²) in [4.78, 5) is 11.5. The fraction of sp³-hybridized carbons (Fsp3) is 0.733. The molecular formula is C15H28N4. The molecule has 0 aliphatic rings. The first-order valence-electron chi connectivity index (χ1n) is 7.43. The molecule has 0 atom stereocenters. The molecule has 1 heterocycles. The Balaban J connectivity index is 2.79. The molecule has 4 heteroatoms. The van der Waals surface area contributed by atoms with Gasteiger partial charge in [-0.15, -0.1) is 0 Å². The van der Waals surface area contributed by atoms with Gasteiger partial charge in [0.05, 0.1) is 0 Å². The van der Waals surface area contributed by atoms with Crippen LogP contribution in [-0.4, -0.2) is 36.1 Å². The number of aryl methyl sites for hydroxylation is 2. The molecular weight excluding hydrogens is 236 g/mol. The molecule has 0 aliphatic carbocycles. The van der Waals surface area contributed by atoms with Gasteiger partial charge in [-0.2, -0.15) is 0 Å². The van der Waals surface area contributed by atoms with Gasteiger partial charge in [-0.3, -0.25) is 0 Å². The van der Waals surface area contributed by atoms with Crippen molar-refractivity contribution in [1.82, 2.24) is 15.3 Å². The summed E-state index contributed by atoms with van der Waals surface area (Å²) < 4.78 is 0. The second kappa shape index (κ2) is 8.10. The van der Waals surface area contributed by atoms with E-state index in [1.807, 2.05) is 0 Å². The first-order chi connectivity index (χ1) is 9.13. The van der Waals surface area contributed by atoms with Crippen LogP contribution in [0.2, 0.25) is 0 Å². The Kier molecular flexibility index (Phi) is 6.78. The number of anilines is 1. The Bertz CT molecular complexity index is 363. The van der Waals surface area contributed by atoms with Crippen molar-refractivity contribution >= 4 is 5.95 Å². The van der Waals surface area contributed by atoms with Crippen LogP contribution in [0.4, 0.5) is 5.95 Å². The topological polar surface area (TPSA) is 41.1 Å². The summed E-state index contributed by atoms with van der Waals surface area (Å²) in [5.74, 6) is 0.866. The van der Waals surface area contributed by atoms with Crippen LogP contribution in [0.25, 0.3) is 0 Å². The van der Waals surface area contributed by atoms with E-state index < -0.39 is 0 Å². The smallest absolute Gasteiger partial charge is 0.225 e. The van der Waals surface area contributed by atoms with E-state index in [0.29, 0.717) is 0 Å². The van der Waals surface area contributed by atoms with Gasteiger partial charge in [-0.1, -0.05) is 6.92 Å². The standard InChI is InChI=1S/C15H28N4/c1-6-10-16-11-9-14-12(4)17-15(18-13(14)5)19(7-2)8-3/h16H,6-11H2,1-5H3.